The summed E-state index contributed by atoms with van der Waals surface area (Å²) in [7, 11) is 0. The van der Waals surface area contributed by atoms with Crippen molar-refractivity contribution in [3.8, 4) is 11.5 Å². The van der Waals surface area contributed by atoms with Gasteiger partial charge < -0.3 is 19.7 Å². The molecule has 0 spiro atoms. The Morgan fingerprint density at radius 2 is 1.82 bits per heavy atom. The van der Waals surface area contributed by atoms with E-state index in [9.17, 15) is 9.18 Å². The molecular weight excluding hydrogens is 383 g/mol. The smallest absolute Gasteiger partial charge is 0.279 e. The molecule has 1 aliphatic heterocycles. The van der Waals surface area contributed by atoms with Crippen molar-refractivity contribution < 1.29 is 23.6 Å². The number of quaternary nitrogens is 1. The monoisotopic (exact) mass is 407 g/mol. The van der Waals surface area contributed by atoms with Gasteiger partial charge in [0.25, 0.3) is 5.91 Å². The lowest BCUT2D eigenvalue weighted by Crippen LogP contribution is -3.12. The van der Waals surface area contributed by atoms with Crippen molar-refractivity contribution in [3.63, 3.8) is 0 Å². The van der Waals surface area contributed by atoms with Crippen LogP contribution in [0.1, 0.15) is 25.0 Å². The number of hydrogen-bond acceptors (Lipinski definition) is 3. The fraction of sp³-hybridized carbons (Fsp3) is 0.381. The Morgan fingerprint density at radius 1 is 1.14 bits per heavy atom. The van der Waals surface area contributed by atoms with Crippen LogP contribution in [0.4, 0.5) is 10.1 Å². The normalized spacial score (nSPS) is 15.6. The maximum absolute atomic E-state index is 13.1. The molecule has 7 heteroatoms. The van der Waals surface area contributed by atoms with E-state index in [1.165, 1.54) is 29.3 Å². The first kappa shape index (κ1) is 20.4. The van der Waals surface area contributed by atoms with Crippen LogP contribution in [-0.2, 0) is 17.8 Å². The summed E-state index contributed by atoms with van der Waals surface area (Å²) in [6, 6.07) is 8.01. The van der Waals surface area contributed by atoms with Crippen LogP contribution in [0.5, 0.6) is 11.5 Å². The summed E-state index contributed by atoms with van der Waals surface area (Å²) in [5.74, 6) is 0.933. The molecule has 1 unspecified atom stereocenters. The molecule has 0 bridgehead atoms. The molecule has 5 nitrogen and oxygen atoms in total. The number of nitrogens with one attached hydrogen (secondary N) is 2. The number of halogens is 2. The van der Waals surface area contributed by atoms with Crippen molar-refractivity contribution in [3.05, 3.63) is 52.3 Å². The second-order valence-corrected chi connectivity index (χ2v) is 7.12. The summed E-state index contributed by atoms with van der Waals surface area (Å²) >= 11 is 5.98. The summed E-state index contributed by atoms with van der Waals surface area (Å²) in [4.78, 5) is 13.6. The minimum atomic E-state index is -0.433. The molecule has 2 N–H and O–H groups in total. The Bertz CT molecular complexity index is 860. The van der Waals surface area contributed by atoms with Crippen LogP contribution in [0.2, 0.25) is 5.02 Å². The van der Waals surface area contributed by atoms with Gasteiger partial charge in [-0.25, -0.2) is 4.39 Å². The van der Waals surface area contributed by atoms with Gasteiger partial charge in [0, 0.05) is 12.0 Å². The minimum Gasteiger partial charge on any atom is -0.490 e. The largest absolute Gasteiger partial charge is 0.490 e. The second-order valence-electron chi connectivity index (χ2n) is 6.71. The van der Waals surface area contributed by atoms with Crippen LogP contribution in [0.3, 0.4) is 0 Å². The Kier molecular flexibility index (Phi) is 6.75. The summed E-state index contributed by atoms with van der Waals surface area (Å²) in [5.41, 5.74) is 2.82. The molecule has 150 valence electrons. The predicted octanol–water partition coefficient (Wildman–Crippen LogP) is 2.86. The van der Waals surface area contributed by atoms with Crippen LogP contribution in [0.25, 0.3) is 0 Å². The lowest BCUT2D eigenvalue weighted by molar-refractivity contribution is -0.907. The van der Waals surface area contributed by atoms with E-state index in [2.05, 4.69) is 11.4 Å². The van der Waals surface area contributed by atoms with Crippen molar-refractivity contribution in [2.24, 2.45) is 0 Å². The van der Waals surface area contributed by atoms with Crippen LogP contribution < -0.4 is 19.7 Å². The molecule has 0 saturated carbocycles. The third-order valence-corrected chi connectivity index (χ3v) is 4.98. The second kappa shape index (κ2) is 9.26. The van der Waals surface area contributed by atoms with Gasteiger partial charge in [-0.3, -0.25) is 4.79 Å². The number of ether oxygens (including phenoxy) is 2. The molecule has 0 aromatic heterocycles. The number of carbonyl (C=O) groups is 1. The molecule has 1 atom stereocenters. The van der Waals surface area contributed by atoms with E-state index in [1.807, 2.05) is 19.9 Å². The van der Waals surface area contributed by atoms with Gasteiger partial charge >= 0.3 is 0 Å². The number of rotatable bonds is 7. The SMILES string of the molecule is CCOc1cc2c(cc1OCC)C[NH+](CC(=O)Nc1ccc(F)cc1Cl)CC2. The molecule has 1 heterocycles. The van der Waals surface area contributed by atoms with Gasteiger partial charge in [-0.1, -0.05) is 11.6 Å². The number of amides is 1. The Balaban J connectivity index is 1.67. The van der Waals surface area contributed by atoms with Crippen LogP contribution >= 0.6 is 11.6 Å². The number of hydrogen-bond donors (Lipinski definition) is 2. The quantitative estimate of drug-likeness (QED) is 0.742. The van der Waals surface area contributed by atoms with Crippen molar-refractivity contribution in [2.45, 2.75) is 26.8 Å². The zero-order valence-corrected chi connectivity index (χ0v) is 16.9. The third-order valence-electron chi connectivity index (χ3n) is 4.67. The highest BCUT2D eigenvalue weighted by Crippen LogP contribution is 2.32. The van der Waals surface area contributed by atoms with E-state index in [0.29, 0.717) is 25.4 Å². The minimum absolute atomic E-state index is 0.150. The van der Waals surface area contributed by atoms with Crippen molar-refractivity contribution in [1.82, 2.24) is 0 Å². The van der Waals surface area contributed by atoms with Crippen LogP contribution in [0.15, 0.2) is 30.3 Å². The molecule has 28 heavy (non-hydrogen) atoms. The fourth-order valence-corrected chi connectivity index (χ4v) is 3.62. The number of benzene rings is 2. The van der Waals surface area contributed by atoms with Gasteiger partial charge in [0.1, 0.15) is 12.4 Å². The van der Waals surface area contributed by atoms with Gasteiger partial charge in [-0.15, -0.1) is 0 Å². The first-order valence-electron chi connectivity index (χ1n) is 9.50. The topological polar surface area (TPSA) is 52.0 Å². The van der Waals surface area contributed by atoms with Gasteiger partial charge in [0.2, 0.25) is 0 Å². The van der Waals surface area contributed by atoms with E-state index >= 15 is 0 Å². The average Bonchev–Trinajstić information content (AvgIpc) is 2.65. The molecular formula is C21H25ClFN2O3+. The lowest BCUT2D eigenvalue weighted by atomic mass is 9.98. The summed E-state index contributed by atoms with van der Waals surface area (Å²) in [5, 5.41) is 2.95. The first-order valence-corrected chi connectivity index (χ1v) is 9.87. The number of anilines is 1. The molecule has 0 saturated heterocycles. The molecule has 0 radical (unpaired) electrons. The van der Waals surface area contributed by atoms with Crippen molar-refractivity contribution >= 4 is 23.2 Å². The summed E-state index contributed by atoms with van der Waals surface area (Å²) in [6.07, 6.45) is 0.863. The highest BCUT2D eigenvalue weighted by molar-refractivity contribution is 6.33. The molecule has 2 aromatic rings. The summed E-state index contributed by atoms with van der Waals surface area (Å²) < 4.78 is 24.6. The van der Waals surface area contributed by atoms with E-state index in [4.69, 9.17) is 21.1 Å². The Hall–Kier alpha value is -2.31. The zero-order chi connectivity index (χ0) is 20.1. The fourth-order valence-electron chi connectivity index (χ4n) is 3.41. The van der Waals surface area contributed by atoms with E-state index in [0.717, 1.165) is 35.9 Å². The lowest BCUT2D eigenvalue weighted by Gasteiger charge is -2.26. The molecule has 0 aliphatic carbocycles. The Labute approximate surface area is 169 Å². The standard InChI is InChI=1S/C21H24ClFN2O3/c1-3-27-19-9-14-7-8-25(12-15(14)10-20(19)28-4-2)13-21(26)24-18-6-5-16(23)11-17(18)22/h5-6,9-11H,3-4,7-8,12-13H2,1-2H3,(H,24,26)/p+1. The van der Waals surface area contributed by atoms with E-state index < -0.39 is 5.82 Å². The maximum Gasteiger partial charge on any atom is 0.279 e. The molecule has 1 aliphatic rings. The van der Waals surface area contributed by atoms with Crippen LogP contribution in [-0.4, -0.2) is 32.2 Å². The summed E-state index contributed by atoms with van der Waals surface area (Å²) in [6.45, 7) is 6.93. The highest BCUT2D eigenvalue weighted by atomic mass is 35.5. The van der Waals surface area contributed by atoms with Gasteiger partial charge in [-0.05, 0) is 49.7 Å². The first-order chi connectivity index (χ1) is 13.5. The molecule has 3 rings (SSSR count). The average molecular weight is 408 g/mol. The molecule has 2 aromatic carbocycles. The van der Waals surface area contributed by atoms with Crippen molar-refractivity contribution in [2.75, 3.05) is 31.6 Å². The Morgan fingerprint density at radius 3 is 2.46 bits per heavy atom. The highest BCUT2D eigenvalue weighted by Gasteiger charge is 2.24. The number of fused-ring (bicyclic) bond motifs is 1. The van der Waals surface area contributed by atoms with Gasteiger partial charge in [0.05, 0.1) is 30.5 Å². The van der Waals surface area contributed by atoms with Crippen LogP contribution in [0, 0.1) is 5.82 Å². The maximum atomic E-state index is 13.1. The zero-order valence-electron chi connectivity index (χ0n) is 16.1. The molecule has 0 fully saturated rings. The third kappa shape index (κ3) is 4.94. The van der Waals surface area contributed by atoms with Crippen molar-refractivity contribution in [1.29, 1.82) is 0 Å². The number of carbonyl (C=O) groups excluding carboxylic acids is 1. The van der Waals surface area contributed by atoms with E-state index in [1.54, 1.807) is 0 Å². The van der Waals surface area contributed by atoms with E-state index in [-0.39, 0.29) is 10.9 Å². The molecule has 1 amide bonds. The van der Waals surface area contributed by atoms with Gasteiger partial charge in [0.15, 0.2) is 18.0 Å². The predicted molar refractivity (Wildman–Crippen MR) is 107 cm³/mol. The van der Waals surface area contributed by atoms with Gasteiger partial charge in [-0.2, -0.15) is 0 Å².